The van der Waals surface area contributed by atoms with Gasteiger partial charge in [-0.3, -0.25) is 0 Å². The first-order chi connectivity index (χ1) is 6.56. The second kappa shape index (κ2) is 5.11. The van der Waals surface area contributed by atoms with Crippen LogP contribution in [-0.4, -0.2) is 31.5 Å². The first-order valence-electron chi connectivity index (χ1n) is 4.08. The van der Waals surface area contributed by atoms with Gasteiger partial charge in [-0.05, 0) is 17.9 Å². The van der Waals surface area contributed by atoms with E-state index in [1.165, 1.54) is 9.18 Å². The smallest absolute Gasteiger partial charge is 0.211 e. The van der Waals surface area contributed by atoms with Gasteiger partial charge in [0.25, 0.3) is 0 Å². The van der Waals surface area contributed by atoms with Crippen LogP contribution >= 0.6 is 22.9 Å². The van der Waals surface area contributed by atoms with Crippen molar-refractivity contribution in [2.75, 3.05) is 18.8 Å². The molecule has 80 valence electrons. The molecule has 0 bridgehead atoms. The molecule has 1 aromatic heterocycles. The van der Waals surface area contributed by atoms with E-state index in [0.717, 1.165) is 6.42 Å². The van der Waals surface area contributed by atoms with Crippen molar-refractivity contribution in [3.05, 3.63) is 22.4 Å². The highest BCUT2D eigenvalue weighted by molar-refractivity contribution is 7.90. The van der Waals surface area contributed by atoms with Gasteiger partial charge in [0, 0.05) is 18.5 Å². The van der Waals surface area contributed by atoms with E-state index >= 15 is 0 Å². The molecule has 0 radical (unpaired) electrons. The van der Waals surface area contributed by atoms with Crippen molar-refractivity contribution in [2.45, 2.75) is 6.42 Å². The molecule has 0 aliphatic rings. The first-order valence-corrected chi connectivity index (χ1v) is 7.11. The number of likely N-dealkylation sites (N-methyl/N-ethyl adjacent to an activating group) is 1. The monoisotopic (exact) mass is 253 g/mol. The minimum absolute atomic E-state index is 0.353. The number of halogens is 1. The van der Waals surface area contributed by atoms with Gasteiger partial charge < -0.3 is 0 Å². The summed E-state index contributed by atoms with van der Waals surface area (Å²) in [6.45, 7) is 0.482. The zero-order valence-electron chi connectivity index (χ0n) is 7.81. The molecule has 0 aromatic carbocycles. The maximum atomic E-state index is 11.3. The van der Waals surface area contributed by atoms with Crippen molar-refractivity contribution >= 4 is 33.0 Å². The van der Waals surface area contributed by atoms with Crippen LogP contribution in [-0.2, 0) is 16.4 Å². The fraction of sp³-hybridized carbons (Fsp3) is 0.500. The normalized spacial score (nSPS) is 12.2. The fourth-order valence-corrected chi connectivity index (χ4v) is 2.68. The summed E-state index contributed by atoms with van der Waals surface area (Å²) >= 11 is 6.95. The van der Waals surface area contributed by atoms with E-state index in [-0.39, 0.29) is 5.21 Å². The molecule has 0 spiro atoms. The first kappa shape index (κ1) is 12.0. The van der Waals surface area contributed by atoms with E-state index in [9.17, 15) is 8.42 Å². The third kappa shape index (κ3) is 3.24. The molecule has 0 atom stereocenters. The van der Waals surface area contributed by atoms with E-state index in [1.54, 1.807) is 18.4 Å². The average Bonchev–Trinajstić information content (AvgIpc) is 2.66. The lowest BCUT2D eigenvalue weighted by atomic mass is 10.3. The van der Waals surface area contributed by atoms with Crippen LogP contribution in [0.3, 0.4) is 0 Å². The summed E-state index contributed by atoms with van der Waals surface area (Å²) in [6.07, 6.45) is 0.740. The number of sulfonamides is 1. The van der Waals surface area contributed by atoms with Crippen LogP contribution in [0.25, 0.3) is 0 Å². The van der Waals surface area contributed by atoms with E-state index < -0.39 is 10.0 Å². The van der Waals surface area contributed by atoms with Gasteiger partial charge in [0.1, 0.15) is 5.21 Å². The summed E-state index contributed by atoms with van der Waals surface area (Å²) in [5, 5.41) is 1.62. The molecular weight excluding hydrogens is 242 g/mol. The van der Waals surface area contributed by atoms with Gasteiger partial charge in [0.05, 0.1) is 0 Å². The summed E-state index contributed by atoms with van der Waals surface area (Å²) < 4.78 is 23.8. The second-order valence-corrected chi connectivity index (χ2v) is 6.56. The number of nitrogens with zero attached hydrogens (tertiary/aromatic N) is 1. The SMILES string of the molecule is CN(CCc1cccs1)S(=O)(=O)CCl. The lowest BCUT2D eigenvalue weighted by molar-refractivity contribution is 0.477. The van der Waals surface area contributed by atoms with Crippen LogP contribution in [0.2, 0.25) is 0 Å². The molecule has 0 aliphatic carbocycles. The number of thiophene rings is 1. The highest BCUT2D eigenvalue weighted by Gasteiger charge is 2.15. The van der Waals surface area contributed by atoms with Crippen molar-refractivity contribution in [1.82, 2.24) is 4.31 Å². The van der Waals surface area contributed by atoms with Gasteiger partial charge in [-0.1, -0.05) is 6.07 Å². The summed E-state index contributed by atoms with van der Waals surface area (Å²) in [5.41, 5.74) is 0. The Morgan fingerprint density at radius 1 is 1.57 bits per heavy atom. The molecule has 0 saturated heterocycles. The molecule has 0 saturated carbocycles. The number of rotatable bonds is 5. The van der Waals surface area contributed by atoms with Crippen molar-refractivity contribution in [1.29, 1.82) is 0 Å². The maximum Gasteiger partial charge on any atom is 0.227 e. The molecular formula is C8H12ClNO2S2. The molecule has 1 heterocycles. The number of alkyl halides is 1. The van der Waals surface area contributed by atoms with Crippen LogP contribution in [0, 0.1) is 0 Å². The maximum absolute atomic E-state index is 11.3. The van der Waals surface area contributed by atoms with Gasteiger partial charge >= 0.3 is 0 Å². The third-order valence-corrected chi connectivity index (χ3v) is 5.04. The van der Waals surface area contributed by atoms with Crippen LogP contribution < -0.4 is 0 Å². The number of hydrogen-bond acceptors (Lipinski definition) is 3. The second-order valence-electron chi connectivity index (χ2n) is 2.87. The minimum Gasteiger partial charge on any atom is -0.211 e. The minimum atomic E-state index is -3.25. The molecule has 0 fully saturated rings. The lowest BCUT2D eigenvalue weighted by Gasteiger charge is -2.14. The lowest BCUT2D eigenvalue weighted by Crippen LogP contribution is -2.29. The molecule has 14 heavy (non-hydrogen) atoms. The molecule has 1 rings (SSSR count). The Labute approximate surface area is 93.4 Å². The van der Waals surface area contributed by atoms with Crippen molar-refractivity contribution < 1.29 is 8.42 Å². The Bertz CT molecular complexity index is 361. The quantitative estimate of drug-likeness (QED) is 0.750. The topological polar surface area (TPSA) is 37.4 Å². The predicted molar refractivity (Wildman–Crippen MR) is 60.3 cm³/mol. The van der Waals surface area contributed by atoms with E-state index in [2.05, 4.69) is 0 Å². The standard InChI is InChI=1S/C8H12ClNO2S2/c1-10(14(11,12)7-9)5-4-8-3-2-6-13-8/h2-3,6H,4-5,7H2,1H3. The molecule has 1 aromatic rings. The van der Waals surface area contributed by atoms with Gasteiger partial charge in [-0.25, -0.2) is 12.7 Å². The average molecular weight is 254 g/mol. The van der Waals surface area contributed by atoms with Gasteiger partial charge in [-0.2, -0.15) is 0 Å². The largest absolute Gasteiger partial charge is 0.227 e. The van der Waals surface area contributed by atoms with E-state index in [1.807, 2.05) is 17.5 Å². The zero-order valence-corrected chi connectivity index (χ0v) is 10.2. The van der Waals surface area contributed by atoms with Crippen molar-refractivity contribution in [2.24, 2.45) is 0 Å². The van der Waals surface area contributed by atoms with Gasteiger partial charge in [0.15, 0.2) is 0 Å². The summed E-state index contributed by atoms with van der Waals surface area (Å²) in [7, 11) is -1.70. The molecule has 0 unspecified atom stereocenters. The molecule has 0 amide bonds. The van der Waals surface area contributed by atoms with Crippen LogP contribution in [0.1, 0.15) is 4.88 Å². The summed E-state index contributed by atoms with van der Waals surface area (Å²) in [4.78, 5) is 1.18. The van der Waals surface area contributed by atoms with Crippen LogP contribution in [0.4, 0.5) is 0 Å². The number of hydrogen-bond donors (Lipinski definition) is 0. The Hall–Kier alpha value is -0.100. The zero-order chi connectivity index (χ0) is 10.6. The Morgan fingerprint density at radius 3 is 2.79 bits per heavy atom. The molecule has 3 nitrogen and oxygen atoms in total. The highest BCUT2D eigenvalue weighted by Crippen LogP contribution is 2.10. The Kier molecular flexibility index (Phi) is 4.37. The summed E-state index contributed by atoms with van der Waals surface area (Å²) in [5.74, 6) is 0. The van der Waals surface area contributed by atoms with Crippen molar-refractivity contribution in [3.63, 3.8) is 0 Å². The fourth-order valence-electron chi connectivity index (χ4n) is 0.945. The molecule has 6 heteroatoms. The summed E-state index contributed by atoms with van der Waals surface area (Å²) in [6, 6.07) is 3.95. The third-order valence-electron chi connectivity index (χ3n) is 1.87. The molecule has 0 N–H and O–H groups in total. The van der Waals surface area contributed by atoms with Crippen LogP contribution in [0.15, 0.2) is 17.5 Å². The van der Waals surface area contributed by atoms with Crippen molar-refractivity contribution in [3.8, 4) is 0 Å². The predicted octanol–water partition coefficient (Wildman–Crippen LogP) is 1.75. The van der Waals surface area contributed by atoms with E-state index in [4.69, 9.17) is 11.6 Å². The highest BCUT2D eigenvalue weighted by atomic mass is 35.5. The Morgan fingerprint density at radius 2 is 2.29 bits per heavy atom. The van der Waals surface area contributed by atoms with Gasteiger partial charge in [-0.15, -0.1) is 22.9 Å². The molecule has 0 aliphatic heterocycles. The van der Waals surface area contributed by atoms with Gasteiger partial charge in [0.2, 0.25) is 10.0 Å². The van der Waals surface area contributed by atoms with E-state index in [0.29, 0.717) is 6.54 Å². The Balaban J connectivity index is 2.47. The van der Waals surface area contributed by atoms with Crippen LogP contribution in [0.5, 0.6) is 0 Å².